The van der Waals surface area contributed by atoms with Gasteiger partial charge in [0, 0.05) is 30.5 Å². The summed E-state index contributed by atoms with van der Waals surface area (Å²) in [5.41, 5.74) is 2.59. The molecule has 0 spiro atoms. The van der Waals surface area contributed by atoms with Crippen molar-refractivity contribution in [2.24, 2.45) is 0 Å². The lowest BCUT2D eigenvalue weighted by molar-refractivity contribution is -0.116. The van der Waals surface area contributed by atoms with Crippen LogP contribution in [0.5, 0.6) is 5.75 Å². The van der Waals surface area contributed by atoms with Crippen molar-refractivity contribution in [1.82, 2.24) is 15.5 Å². The quantitative estimate of drug-likeness (QED) is 0.595. The summed E-state index contributed by atoms with van der Waals surface area (Å²) >= 11 is 1.32. The van der Waals surface area contributed by atoms with Crippen LogP contribution in [-0.4, -0.2) is 35.7 Å². The largest absolute Gasteiger partial charge is 0.496 e. The van der Waals surface area contributed by atoms with Gasteiger partial charge < -0.3 is 15.4 Å². The minimum atomic E-state index is -0.227. The Morgan fingerprint density at radius 1 is 1.10 bits per heavy atom. The summed E-state index contributed by atoms with van der Waals surface area (Å²) in [7, 11) is 1.63. The number of hydrogen-bond acceptors (Lipinski definition) is 6. The second kappa shape index (κ2) is 9.79. The Morgan fingerprint density at radius 2 is 1.93 bits per heavy atom. The number of benzene rings is 2. The maximum Gasteiger partial charge on any atom is 0.251 e. The third-order valence-electron chi connectivity index (χ3n) is 4.17. The number of carbonyl (C=O) groups is 2. The number of nitrogens with zero attached hydrogens (tertiary/aromatic N) is 2. The van der Waals surface area contributed by atoms with Gasteiger partial charge in [0.05, 0.1) is 7.11 Å². The normalized spacial score (nSPS) is 10.4. The molecular weight excluding hydrogens is 388 g/mol. The predicted octanol–water partition coefficient (Wildman–Crippen LogP) is 3.20. The van der Waals surface area contributed by atoms with Crippen molar-refractivity contribution in [3.8, 4) is 5.75 Å². The van der Waals surface area contributed by atoms with Crippen LogP contribution in [0.25, 0.3) is 0 Å². The summed E-state index contributed by atoms with van der Waals surface area (Å²) in [4.78, 5) is 24.2. The van der Waals surface area contributed by atoms with E-state index in [-0.39, 0.29) is 24.8 Å². The number of amides is 2. The van der Waals surface area contributed by atoms with E-state index >= 15 is 0 Å². The number of aryl methyl sites for hydroxylation is 1. The molecule has 0 aliphatic rings. The highest BCUT2D eigenvalue weighted by Gasteiger charge is 2.11. The van der Waals surface area contributed by atoms with Crippen molar-refractivity contribution in [1.29, 1.82) is 0 Å². The van der Waals surface area contributed by atoms with E-state index in [1.807, 2.05) is 43.3 Å². The van der Waals surface area contributed by atoms with E-state index in [1.165, 1.54) is 11.3 Å². The molecule has 0 saturated carbocycles. The third-order valence-corrected chi connectivity index (χ3v) is 5.00. The number of rotatable bonds is 8. The molecular formula is C21H22N4O3S. The Bertz CT molecular complexity index is 1000. The number of para-hydroxylation sites is 1. The van der Waals surface area contributed by atoms with Gasteiger partial charge in [-0.3, -0.25) is 9.59 Å². The van der Waals surface area contributed by atoms with Crippen LogP contribution in [0.15, 0.2) is 48.5 Å². The van der Waals surface area contributed by atoms with Gasteiger partial charge >= 0.3 is 0 Å². The van der Waals surface area contributed by atoms with Crippen LogP contribution >= 0.6 is 11.3 Å². The number of hydrogen-bond donors (Lipinski definition) is 2. The third kappa shape index (κ3) is 5.86. The van der Waals surface area contributed by atoms with Crippen molar-refractivity contribution in [3.63, 3.8) is 0 Å². The van der Waals surface area contributed by atoms with Gasteiger partial charge in [-0.15, -0.1) is 10.2 Å². The highest BCUT2D eigenvalue weighted by atomic mass is 32.1. The summed E-state index contributed by atoms with van der Waals surface area (Å²) in [5.74, 6) is 0.365. The fourth-order valence-corrected chi connectivity index (χ4v) is 3.53. The molecule has 0 unspecified atom stereocenters. The Labute approximate surface area is 173 Å². The van der Waals surface area contributed by atoms with E-state index in [1.54, 1.807) is 19.2 Å². The minimum Gasteiger partial charge on any atom is -0.496 e. The van der Waals surface area contributed by atoms with Crippen LogP contribution < -0.4 is 15.4 Å². The fourth-order valence-electron chi connectivity index (χ4n) is 2.75. The first-order valence-corrected chi connectivity index (χ1v) is 9.96. The molecule has 3 aromatic rings. The van der Waals surface area contributed by atoms with Gasteiger partial charge in [0.1, 0.15) is 10.8 Å². The van der Waals surface area contributed by atoms with E-state index in [2.05, 4.69) is 20.8 Å². The Hall–Kier alpha value is -3.26. The van der Waals surface area contributed by atoms with Gasteiger partial charge in [0.2, 0.25) is 11.0 Å². The van der Waals surface area contributed by atoms with E-state index in [0.717, 1.165) is 21.9 Å². The molecule has 1 heterocycles. The molecule has 0 saturated heterocycles. The first-order chi connectivity index (χ1) is 14.0. The lowest BCUT2D eigenvalue weighted by Crippen LogP contribution is -2.27. The minimum absolute atomic E-state index is 0.152. The number of methoxy groups -OCH3 is 1. The van der Waals surface area contributed by atoms with Gasteiger partial charge in [-0.05, 0) is 25.1 Å². The Morgan fingerprint density at radius 3 is 2.72 bits per heavy atom. The average Bonchev–Trinajstić information content (AvgIpc) is 3.15. The highest BCUT2D eigenvalue weighted by Crippen LogP contribution is 2.24. The van der Waals surface area contributed by atoms with Crippen LogP contribution in [-0.2, 0) is 11.2 Å². The fraction of sp³-hybridized carbons (Fsp3) is 0.238. The first kappa shape index (κ1) is 20.5. The molecule has 2 N–H and O–H groups in total. The van der Waals surface area contributed by atoms with Crippen LogP contribution in [0.2, 0.25) is 0 Å². The maximum atomic E-state index is 12.1. The van der Waals surface area contributed by atoms with Crippen molar-refractivity contribution in [2.75, 3.05) is 19.0 Å². The van der Waals surface area contributed by atoms with Crippen LogP contribution in [0, 0.1) is 6.92 Å². The van der Waals surface area contributed by atoms with Crippen molar-refractivity contribution >= 4 is 28.3 Å². The number of carbonyl (C=O) groups excluding carboxylic acids is 2. The molecule has 0 aliphatic carbocycles. The molecule has 7 nitrogen and oxygen atoms in total. The zero-order chi connectivity index (χ0) is 20.6. The van der Waals surface area contributed by atoms with E-state index in [0.29, 0.717) is 17.1 Å². The SMILES string of the molecule is COc1ccccc1Cc1nnc(NC(=O)CCNC(=O)c2cccc(C)c2)s1. The molecule has 0 atom stereocenters. The molecule has 1 aromatic heterocycles. The topological polar surface area (TPSA) is 93.2 Å². The average molecular weight is 410 g/mol. The van der Waals surface area contributed by atoms with Crippen LogP contribution in [0.4, 0.5) is 5.13 Å². The Kier molecular flexibility index (Phi) is 6.91. The number of anilines is 1. The van der Waals surface area contributed by atoms with Crippen LogP contribution in [0.3, 0.4) is 0 Å². The summed E-state index contributed by atoms with van der Waals surface area (Å²) < 4.78 is 5.34. The molecule has 29 heavy (non-hydrogen) atoms. The van der Waals surface area contributed by atoms with Gasteiger partial charge in [0.15, 0.2) is 0 Å². The molecule has 150 valence electrons. The summed E-state index contributed by atoms with van der Waals surface area (Å²) in [6.07, 6.45) is 0.725. The van der Waals surface area contributed by atoms with E-state index in [4.69, 9.17) is 4.74 Å². The molecule has 2 amide bonds. The highest BCUT2D eigenvalue weighted by molar-refractivity contribution is 7.15. The van der Waals surface area contributed by atoms with Gasteiger partial charge in [-0.1, -0.05) is 47.2 Å². The maximum absolute atomic E-state index is 12.1. The zero-order valence-electron chi connectivity index (χ0n) is 16.3. The molecule has 0 bridgehead atoms. The summed E-state index contributed by atoms with van der Waals surface area (Å²) in [6, 6.07) is 15.0. The van der Waals surface area contributed by atoms with Crippen molar-refractivity contribution < 1.29 is 14.3 Å². The second-order valence-corrected chi connectivity index (χ2v) is 7.48. The lowest BCUT2D eigenvalue weighted by atomic mass is 10.1. The smallest absolute Gasteiger partial charge is 0.251 e. The van der Waals surface area contributed by atoms with Gasteiger partial charge in [-0.2, -0.15) is 0 Å². The molecule has 8 heteroatoms. The molecule has 2 aromatic carbocycles. The van der Waals surface area contributed by atoms with Gasteiger partial charge in [0.25, 0.3) is 5.91 Å². The monoisotopic (exact) mass is 410 g/mol. The molecule has 0 aliphatic heterocycles. The predicted molar refractivity (Wildman–Crippen MR) is 112 cm³/mol. The molecule has 0 fully saturated rings. The van der Waals surface area contributed by atoms with Crippen molar-refractivity contribution in [3.05, 3.63) is 70.2 Å². The first-order valence-electron chi connectivity index (χ1n) is 9.14. The number of nitrogens with one attached hydrogen (secondary N) is 2. The molecule has 0 radical (unpaired) electrons. The van der Waals surface area contributed by atoms with Gasteiger partial charge in [-0.25, -0.2) is 0 Å². The second-order valence-electron chi connectivity index (χ2n) is 6.41. The Balaban J connectivity index is 1.47. The van der Waals surface area contributed by atoms with E-state index in [9.17, 15) is 9.59 Å². The standard InChI is InChI=1S/C21H22N4O3S/c1-14-6-5-8-16(12-14)20(27)22-11-10-18(26)23-21-25-24-19(29-21)13-15-7-3-4-9-17(15)28-2/h3-9,12H,10-11,13H2,1-2H3,(H,22,27)(H,23,25,26). The summed E-state index contributed by atoms with van der Waals surface area (Å²) in [5, 5.41) is 14.8. The number of ether oxygens (including phenoxy) is 1. The lowest BCUT2D eigenvalue weighted by Gasteiger charge is -2.06. The van der Waals surface area contributed by atoms with Crippen molar-refractivity contribution in [2.45, 2.75) is 19.8 Å². The molecule has 3 rings (SSSR count). The van der Waals surface area contributed by atoms with Crippen LogP contribution in [0.1, 0.15) is 32.9 Å². The summed E-state index contributed by atoms with van der Waals surface area (Å²) in [6.45, 7) is 2.17. The number of aromatic nitrogens is 2. The van der Waals surface area contributed by atoms with E-state index < -0.39 is 0 Å². The zero-order valence-corrected chi connectivity index (χ0v) is 17.1.